The van der Waals surface area contributed by atoms with Gasteiger partial charge in [0.2, 0.25) is 0 Å². The molecular formula is C12H19N3OS. The average Bonchev–Trinajstić information content (AvgIpc) is 2.75. The van der Waals surface area contributed by atoms with Gasteiger partial charge in [-0.3, -0.25) is 4.79 Å². The number of likely N-dealkylation sites (tertiary alicyclic amines) is 1. The Bertz CT molecular complexity index is 404. The van der Waals surface area contributed by atoms with Crippen molar-refractivity contribution in [2.45, 2.75) is 32.7 Å². The maximum atomic E-state index is 12.3. The summed E-state index contributed by atoms with van der Waals surface area (Å²) in [4.78, 5) is 18.5. The Kier molecular flexibility index (Phi) is 3.79. The van der Waals surface area contributed by atoms with Crippen molar-refractivity contribution in [3.8, 4) is 0 Å². The molecule has 0 spiro atoms. The first-order valence-electron chi connectivity index (χ1n) is 6.05. The molecule has 2 heterocycles. The van der Waals surface area contributed by atoms with E-state index in [1.165, 1.54) is 11.3 Å². The number of nitrogens with zero attached hydrogens (tertiary/aromatic N) is 2. The van der Waals surface area contributed by atoms with Crippen molar-refractivity contribution in [3.05, 3.63) is 16.1 Å². The van der Waals surface area contributed by atoms with Gasteiger partial charge in [0.05, 0.1) is 5.01 Å². The SMILES string of the molecule is Cc1nc(C(=O)N2CCC(C)CC2CN)cs1. The largest absolute Gasteiger partial charge is 0.333 e. The van der Waals surface area contributed by atoms with E-state index in [4.69, 9.17) is 5.73 Å². The van der Waals surface area contributed by atoms with Crippen molar-refractivity contribution in [2.24, 2.45) is 11.7 Å². The molecule has 0 bridgehead atoms. The van der Waals surface area contributed by atoms with E-state index in [2.05, 4.69) is 11.9 Å². The highest BCUT2D eigenvalue weighted by molar-refractivity contribution is 7.09. The van der Waals surface area contributed by atoms with Gasteiger partial charge in [-0.25, -0.2) is 4.98 Å². The molecule has 2 rings (SSSR count). The van der Waals surface area contributed by atoms with Crippen LogP contribution < -0.4 is 5.73 Å². The summed E-state index contributed by atoms with van der Waals surface area (Å²) in [6.07, 6.45) is 2.07. The summed E-state index contributed by atoms with van der Waals surface area (Å²) >= 11 is 1.52. The second-order valence-electron chi connectivity index (χ2n) is 4.77. The minimum Gasteiger partial charge on any atom is -0.333 e. The summed E-state index contributed by atoms with van der Waals surface area (Å²) in [5.41, 5.74) is 6.34. The van der Waals surface area contributed by atoms with Crippen LogP contribution in [0.15, 0.2) is 5.38 Å². The van der Waals surface area contributed by atoms with Crippen molar-refractivity contribution in [3.63, 3.8) is 0 Å². The van der Waals surface area contributed by atoms with E-state index in [9.17, 15) is 4.79 Å². The van der Waals surface area contributed by atoms with E-state index in [0.29, 0.717) is 18.2 Å². The zero-order valence-corrected chi connectivity index (χ0v) is 11.2. The van der Waals surface area contributed by atoms with Crippen molar-refractivity contribution < 1.29 is 4.79 Å². The predicted molar refractivity (Wildman–Crippen MR) is 69.1 cm³/mol. The molecule has 1 saturated heterocycles. The number of piperidine rings is 1. The number of amides is 1. The Morgan fingerprint density at radius 1 is 1.71 bits per heavy atom. The number of carbonyl (C=O) groups is 1. The Hall–Kier alpha value is -0.940. The van der Waals surface area contributed by atoms with Gasteiger partial charge in [-0.2, -0.15) is 0 Å². The van der Waals surface area contributed by atoms with Gasteiger partial charge in [0.1, 0.15) is 5.69 Å². The van der Waals surface area contributed by atoms with E-state index in [-0.39, 0.29) is 11.9 Å². The van der Waals surface area contributed by atoms with Crippen LogP contribution in [0.3, 0.4) is 0 Å². The Balaban J connectivity index is 2.13. The zero-order chi connectivity index (χ0) is 12.4. The number of rotatable bonds is 2. The minimum absolute atomic E-state index is 0.0386. The minimum atomic E-state index is 0.0386. The van der Waals surface area contributed by atoms with Crippen LogP contribution in [-0.4, -0.2) is 34.9 Å². The Morgan fingerprint density at radius 3 is 3.06 bits per heavy atom. The summed E-state index contributed by atoms with van der Waals surface area (Å²) in [7, 11) is 0. The van der Waals surface area contributed by atoms with Crippen LogP contribution in [0.5, 0.6) is 0 Å². The Morgan fingerprint density at radius 2 is 2.47 bits per heavy atom. The number of hydrogen-bond donors (Lipinski definition) is 1. The van der Waals surface area contributed by atoms with Crippen LogP contribution in [0, 0.1) is 12.8 Å². The molecule has 2 N–H and O–H groups in total. The third-order valence-corrected chi connectivity index (χ3v) is 4.12. The molecule has 0 saturated carbocycles. The lowest BCUT2D eigenvalue weighted by atomic mass is 9.92. The molecule has 2 atom stereocenters. The van der Waals surface area contributed by atoms with E-state index in [1.807, 2.05) is 17.2 Å². The van der Waals surface area contributed by atoms with Crippen molar-refractivity contribution in [1.29, 1.82) is 0 Å². The molecule has 0 aliphatic carbocycles. The normalized spacial score (nSPS) is 25.0. The highest BCUT2D eigenvalue weighted by Gasteiger charge is 2.30. The number of carbonyl (C=O) groups excluding carboxylic acids is 1. The quantitative estimate of drug-likeness (QED) is 0.872. The fourth-order valence-electron chi connectivity index (χ4n) is 2.35. The van der Waals surface area contributed by atoms with Crippen LogP contribution in [-0.2, 0) is 0 Å². The summed E-state index contributed by atoms with van der Waals surface area (Å²) < 4.78 is 0. The van der Waals surface area contributed by atoms with E-state index < -0.39 is 0 Å². The molecule has 17 heavy (non-hydrogen) atoms. The number of aryl methyl sites for hydroxylation is 1. The van der Waals surface area contributed by atoms with Gasteiger partial charge in [0.25, 0.3) is 5.91 Å². The highest BCUT2D eigenvalue weighted by atomic mass is 32.1. The first kappa shape index (κ1) is 12.5. The van der Waals surface area contributed by atoms with Gasteiger partial charge in [0, 0.05) is 24.5 Å². The van der Waals surface area contributed by atoms with Gasteiger partial charge < -0.3 is 10.6 Å². The molecule has 0 aromatic carbocycles. The molecule has 2 unspecified atom stereocenters. The summed E-state index contributed by atoms with van der Waals surface area (Å²) in [5.74, 6) is 0.696. The molecule has 5 heteroatoms. The van der Waals surface area contributed by atoms with Crippen LogP contribution in [0.2, 0.25) is 0 Å². The molecule has 1 fully saturated rings. The predicted octanol–water partition coefficient (Wildman–Crippen LogP) is 1.65. The van der Waals surface area contributed by atoms with E-state index in [0.717, 1.165) is 24.4 Å². The zero-order valence-electron chi connectivity index (χ0n) is 10.3. The average molecular weight is 253 g/mol. The standard InChI is InChI=1S/C12H19N3OS/c1-8-3-4-15(10(5-8)6-13)12(16)11-7-17-9(2)14-11/h7-8,10H,3-6,13H2,1-2H3. The molecule has 1 aromatic heterocycles. The van der Waals surface area contributed by atoms with Gasteiger partial charge in [-0.1, -0.05) is 6.92 Å². The van der Waals surface area contributed by atoms with E-state index >= 15 is 0 Å². The number of nitrogens with two attached hydrogens (primary N) is 1. The summed E-state index contributed by atoms with van der Waals surface area (Å²) in [6, 6.07) is 0.174. The van der Waals surface area contributed by atoms with Gasteiger partial charge >= 0.3 is 0 Å². The van der Waals surface area contributed by atoms with Crippen molar-refractivity contribution in [1.82, 2.24) is 9.88 Å². The molecule has 1 amide bonds. The number of aromatic nitrogens is 1. The number of hydrogen-bond acceptors (Lipinski definition) is 4. The lowest BCUT2D eigenvalue weighted by molar-refractivity contribution is 0.0568. The fraction of sp³-hybridized carbons (Fsp3) is 0.667. The molecule has 4 nitrogen and oxygen atoms in total. The van der Waals surface area contributed by atoms with Gasteiger partial charge in [-0.15, -0.1) is 11.3 Å². The second kappa shape index (κ2) is 5.14. The summed E-state index contributed by atoms with van der Waals surface area (Å²) in [6.45, 7) is 5.48. The maximum Gasteiger partial charge on any atom is 0.273 e. The first-order valence-corrected chi connectivity index (χ1v) is 6.93. The second-order valence-corrected chi connectivity index (χ2v) is 5.83. The molecule has 0 radical (unpaired) electrons. The molecule has 1 aliphatic heterocycles. The monoisotopic (exact) mass is 253 g/mol. The Labute approximate surface area is 106 Å². The third-order valence-electron chi connectivity index (χ3n) is 3.35. The van der Waals surface area contributed by atoms with Crippen molar-refractivity contribution in [2.75, 3.05) is 13.1 Å². The van der Waals surface area contributed by atoms with Gasteiger partial charge in [0.15, 0.2) is 0 Å². The molecule has 94 valence electrons. The third kappa shape index (κ3) is 2.66. The molecular weight excluding hydrogens is 234 g/mol. The fourth-order valence-corrected chi connectivity index (χ4v) is 2.94. The maximum absolute atomic E-state index is 12.3. The van der Waals surface area contributed by atoms with E-state index in [1.54, 1.807) is 0 Å². The van der Waals surface area contributed by atoms with Crippen LogP contribution >= 0.6 is 11.3 Å². The first-order chi connectivity index (χ1) is 8.11. The topological polar surface area (TPSA) is 59.2 Å². The summed E-state index contributed by atoms with van der Waals surface area (Å²) in [5, 5.41) is 2.77. The van der Waals surface area contributed by atoms with Gasteiger partial charge in [-0.05, 0) is 25.7 Å². The lowest BCUT2D eigenvalue weighted by Crippen LogP contribution is -2.49. The molecule has 1 aliphatic rings. The molecule has 1 aromatic rings. The lowest BCUT2D eigenvalue weighted by Gasteiger charge is -2.37. The number of thiazole rings is 1. The van der Waals surface area contributed by atoms with Crippen molar-refractivity contribution >= 4 is 17.2 Å². The van der Waals surface area contributed by atoms with Crippen LogP contribution in [0.1, 0.15) is 35.3 Å². The highest BCUT2D eigenvalue weighted by Crippen LogP contribution is 2.24. The smallest absolute Gasteiger partial charge is 0.273 e. The van der Waals surface area contributed by atoms with Crippen LogP contribution in [0.25, 0.3) is 0 Å². The van der Waals surface area contributed by atoms with Crippen LogP contribution in [0.4, 0.5) is 0 Å².